The standard InChI is InChI=1S/C29H23F3N4/c30-29(31,32)24-12-7-13-25(18-24)34-33-20-21-14-16-26(17-15-21)36-28(23-10-5-2-6-11-23)19-27(35-36)22-8-3-1-4-9-22/h1-18,20,28,34H,19H2. The van der Waals surface area contributed by atoms with Gasteiger partial charge in [-0.25, -0.2) is 0 Å². The van der Waals surface area contributed by atoms with E-state index >= 15 is 0 Å². The first kappa shape index (κ1) is 23.4. The molecule has 1 N–H and O–H groups in total. The normalized spacial score (nSPS) is 15.8. The van der Waals surface area contributed by atoms with Crippen molar-refractivity contribution in [2.45, 2.75) is 18.6 Å². The second kappa shape index (κ2) is 10.1. The van der Waals surface area contributed by atoms with Crippen molar-refractivity contribution in [2.24, 2.45) is 10.2 Å². The molecule has 5 rings (SSSR count). The molecule has 0 aliphatic carbocycles. The largest absolute Gasteiger partial charge is 0.416 e. The summed E-state index contributed by atoms with van der Waals surface area (Å²) in [4.78, 5) is 0. The zero-order chi connectivity index (χ0) is 25.0. The van der Waals surface area contributed by atoms with Crippen LogP contribution in [0.3, 0.4) is 0 Å². The summed E-state index contributed by atoms with van der Waals surface area (Å²) in [7, 11) is 0. The first-order valence-electron chi connectivity index (χ1n) is 11.5. The Labute approximate surface area is 207 Å². The predicted octanol–water partition coefficient (Wildman–Crippen LogP) is 7.51. The average molecular weight is 485 g/mol. The maximum Gasteiger partial charge on any atom is 0.416 e. The summed E-state index contributed by atoms with van der Waals surface area (Å²) in [6.07, 6.45) is -2.03. The van der Waals surface area contributed by atoms with Crippen molar-refractivity contribution < 1.29 is 13.2 Å². The van der Waals surface area contributed by atoms with Crippen LogP contribution in [0, 0.1) is 0 Å². The summed E-state index contributed by atoms with van der Waals surface area (Å²) < 4.78 is 38.7. The number of hydrazone groups is 2. The van der Waals surface area contributed by atoms with E-state index in [-0.39, 0.29) is 11.7 Å². The molecule has 0 aromatic heterocycles. The van der Waals surface area contributed by atoms with E-state index in [2.05, 4.69) is 34.8 Å². The smallest absolute Gasteiger partial charge is 0.278 e. The van der Waals surface area contributed by atoms with Crippen LogP contribution in [0.15, 0.2) is 119 Å². The van der Waals surface area contributed by atoms with Gasteiger partial charge in [0.2, 0.25) is 0 Å². The van der Waals surface area contributed by atoms with Crippen LogP contribution in [0.1, 0.15) is 34.7 Å². The summed E-state index contributed by atoms with van der Waals surface area (Å²) in [5, 5.41) is 11.1. The van der Waals surface area contributed by atoms with Crippen molar-refractivity contribution >= 4 is 23.3 Å². The van der Waals surface area contributed by atoms with E-state index in [0.29, 0.717) is 0 Å². The van der Waals surface area contributed by atoms with Crippen molar-refractivity contribution in [1.29, 1.82) is 0 Å². The van der Waals surface area contributed by atoms with Crippen LogP contribution in [0.4, 0.5) is 24.5 Å². The molecule has 1 aliphatic heterocycles. The summed E-state index contributed by atoms with van der Waals surface area (Å²) in [6, 6.07) is 33.2. The minimum atomic E-state index is -4.40. The van der Waals surface area contributed by atoms with Crippen LogP contribution < -0.4 is 10.4 Å². The Balaban J connectivity index is 1.34. The van der Waals surface area contributed by atoms with E-state index in [0.717, 1.165) is 41.1 Å². The Morgan fingerprint density at radius 2 is 1.53 bits per heavy atom. The van der Waals surface area contributed by atoms with Crippen molar-refractivity contribution in [2.75, 3.05) is 10.4 Å². The number of nitrogens with one attached hydrogen (secondary N) is 1. The second-order valence-corrected chi connectivity index (χ2v) is 8.43. The molecule has 0 bridgehead atoms. The minimum absolute atomic E-state index is 0.0727. The molecule has 0 saturated carbocycles. The lowest BCUT2D eigenvalue weighted by atomic mass is 9.98. The SMILES string of the molecule is FC(F)(F)c1cccc(NN=Cc2ccc(N3N=C(c4ccccc4)CC3c3ccccc3)cc2)c1. The Morgan fingerprint density at radius 1 is 0.833 bits per heavy atom. The number of alkyl halides is 3. The summed E-state index contributed by atoms with van der Waals surface area (Å²) >= 11 is 0. The zero-order valence-electron chi connectivity index (χ0n) is 19.2. The van der Waals surface area contributed by atoms with Gasteiger partial charge in [-0.15, -0.1) is 0 Å². The van der Waals surface area contributed by atoms with E-state index in [4.69, 9.17) is 5.10 Å². The van der Waals surface area contributed by atoms with E-state index < -0.39 is 11.7 Å². The van der Waals surface area contributed by atoms with E-state index in [1.165, 1.54) is 17.7 Å². The Kier molecular flexibility index (Phi) is 6.54. The molecule has 1 atom stereocenters. The summed E-state index contributed by atoms with van der Waals surface area (Å²) in [6.45, 7) is 0. The predicted molar refractivity (Wildman–Crippen MR) is 138 cm³/mol. The Hall–Kier alpha value is -4.39. The van der Waals surface area contributed by atoms with Gasteiger partial charge in [-0.2, -0.15) is 23.4 Å². The van der Waals surface area contributed by atoms with Gasteiger partial charge in [0, 0.05) is 6.42 Å². The van der Waals surface area contributed by atoms with Crippen molar-refractivity contribution in [3.63, 3.8) is 0 Å². The molecule has 0 fully saturated rings. The molecule has 0 spiro atoms. The number of anilines is 2. The fourth-order valence-electron chi connectivity index (χ4n) is 4.15. The van der Waals surface area contributed by atoms with Crippen LogP contribution in [-0.2, 0) is 6.18 Å². The van der Waals surface area contributed by atoms with E-state index in [9.17, 15) is 13.2 Å². The highest BCUT2D eigenvalue weighted by atomic mass is 19.4. The van der Waals surface area contributed by atoms with E-state index in [1.807, 2.05) is 65.7 Å². The Morgan fingerprint density at radius 3 is 2.22 bits per heavy atom. The number of halogens is 3. The highest BCUT2D eigenvalue weighted by molar-refractivity contribution is 6.03. The van der Waals surface area contributed by atoms with Crippen molar-refractivity contribution in [1.82, 2.24) is 0 Å². The fraction of sp³-hybridized carbons (Fsp3) is 0.103. The average Bonchev–Trinajstić information content (AvgIpc) is 3.36. The fourth-order valence-corrected chi connectivity index (χ4v) is 4.15. The molecule has 4 aromatic rings. The molecule has 0 radical (unpaired) electrons. The molecule has 1 unspecified atom stereocenters. The molecule has 180 valence electrons. The molecule has 1 aliphatic rings. The molecule has 4 nitrogen and oxygen atoms in total. The molecule has 7 heteroatoms. The van der Waals surface area contributed by atoms with Gasteiger partial charge in [-0.05, 0) is 47.0 Å². The summed E-state index contributed by atoms with van der Waals surface area (Å²) in [5.74, 6) is 0. The molecular formula is C29H23F3N4. The van der Waals surface area contributed by atoms with Gasteiger partial charge in [-0.1, -0.05) is 78.9 Å². The molecule has 0 saturated heterocycles. The molecular weight excluding hydrogens is 461 g/mol. The summed E-state index contributed by atoms with van der Waals surface area (Å²) in [5.41, 5.74) is 7.27. The molecule has 36 heavy (non-hydrogen) atoms. The van der Waals surface area contributed by atoms with Gasteiger partial charge < -0.3 is 0 Å². The van der Waals surface area contributed by atoms with Crippen LogP contribution >= 0.6 is 0 Å². The number of nitrogens with zero attached hydrogens (tertiary/aromatic N) is 3. The molecule has 1 heterocycles. The van der Waals surface area contributed by atoms with Gasteiger partial charge in [-0.3, -0.25) is 10.4 Å². The first-order valence-corrected chi connectivity index (χ1v) is 11.5. The van der Waals surface area contributed by atoms with Gasteiger partial charge in [0.1, 0.15) is 0 Å². The maximum absolute atomic E-state index is 12.9. The van der Waals surface area contributed by atoms with Gasteiger partial charge in [0.05, 0.1) is 34.9 Å². The van der Waals surface area contributed by atoms with Crippen LogP contribution in [-0.4, -0.2) is 11.9 Å². The lowest BCUT2D eigenvalue weighted by Crippen LogP contribution is -2.18. The third kappa shape index (κ3) is 5.30. The number of hydrogen-bond donors (Lipinski definition) is 1. The van der Waals surface area contributed by atoms with Gasteiger partial charge in [0.15, 0.2) is 0 Å². The van der Waals surface area contributed by atoms with Crippen LogP contribution in [0.25, 0.3) is 0 Å². The lowest BCUT2D eigenvalue weighted by molar-refractivity contribution is -0.137. The topological polar surface area (TPSA) is 40.0 Å². The molecule has 0 amide bonds. The highest BCUT2D eigenvalue weighted by Crippen LogP contribution is 2.36. The maximum atomic E-state index is 12.9. The van der Waals surface area contributed by atoms with Crippen LogP contribution in [0.5, 0.6) is 0 Å². The second-order valence-electron chi connectivity index (χ2n) is 8.43. The molecule has 4 aromatic carbocycles. The van der Waals surface area contributed by atoms with Gasteiger partial charge >= 0.3 is 6.18 Å². The lowest BCUT2D eigenvalue weighted by Gasteiger charge is -2.24. The van der Waals surface area contributed by atoms with Gasteiger partial charge in [0.25, 0.3) is 0 Å². The highest BCUT2D eigenvalue weighted by Gasteiger charge is 2.31. The Bertz CT molecular complexity index is 1370. The monoisotopic (exact) mass is 484 g/mol. The third-order valence-electron chi connectivity index (χ3n) is 5.96. The first-order chi connectivity index (χ1) is 17.5. The van der Waals surface area contributed by atoms with Crippen molar-refractivity contribution in [3.8, 4) is 0 Å². The van der Waals surface area contributed by atoms with Crippen LogP contribution in [0.2, 0.25) is 0 Å². The minimum Gasteiger partial charge on any atom is -0.278 e. The quantitative estimate of drug-likeness (QED) is 0.227. The number of rotatable bonds is 6. The zero-order valence-corrected chi connectivity index (χ0v) is 19.2. The third-order valence-corrected chi connectivity index (χ3v) is 5.96. The van der Waals surface area contributed by atoms with Crippen molar-refractivity contribution in [3.05, 3.63) is 131 Å². The number of hydrogen-bond acceptors (Lipinski definition) is 4. The number of benzene rings is 4. The van der Waals surface area contributed by atoms with E-state index in [1.54, 1.807) is 6.21 Å².